The second kappa shape index (κ2) is 4.31. The highest BCUT2D eigenvalue weighted by Gasteiger charge is 2.11. The summed E-state index contributed by atoms with van der Waals surface area (Å²) >= 11 is 0. The van der Waals surface area contributed by atoms with E-state index in [4.69, 9.17) is 20.1 Å². The van der Waals surface area contributed by atoms with Crippen molar-refractivity contribution in [2.45, 2.75) is 5.97 Å². The lowest BCUT2D eigenvalue weighted by atomic mass is 10.2. The molecule has 1 aromatic carbocycles. The second-order valence-corrected chi connectivity index (χ2v) is 2.95. The topological polar surface area (TPSA) is 90.2 Å². The summed E-state index contributed by atoms with van der Waals surface area (Å²) in [4.78, 5) is 0. The Morgan fingerprint density at radius 3 is 2.47 bits per heavy atom. The molecular weight excluding hydrogens is 200 g/mol. The summed E-state index contributed by atoms with van der Waals surface area (Å²) in [6.07, 6.45) is 2.07. The number of aliphatic hydroxyl groups is 3. The van der Waals surface area contributed by atoms with Crippen molar-refractivity contribution in [3.63, 3.8) is 0 Å². The van der Waals surface area contributed by atoms with Gasteiger partial charge in [-0.3, -0.25) is 0 Å². The van der Waals surface area contributed by atoms with E-state index in [0.29, 0.717) is 5.56 Å². The van der Waals surface area contributed by atoms with Crippen LogP contribution in [0.15, 0.2) is 24.3 Å². The molecule has 0 aliphatic heterocycles. The van der Waals surface area contributed by atoms with E-state index in [-0.39, 0.29) is 11.5 Å². The van der Waals surface area contributed by atoms with Crippen LogP contribution in [-0.2, 0) is 0 Å². The Kier molecular flexibility index (Phi) is 3.31. The molecule has 0 aromatic heterocycles. The van der Waals surface area contributed by atoms with E-state index in [1.165, 1.54) is 31.4 Å². The van der Waals surface area contributed by atoms with Crippen LogP contribution in [0.3, 0.4) is 0 Å². The number of aromatic hydroxyl groups is 1. The molecule has 0 atom stereocenters. The summed E-state index contributed by atoms with van der Waals surface area (Å²) in [7, 11) is 1.40. The number of ether oxygens (including phenoxy) is 1. The fourth-order valence-electron chi connectivity index (χ4n) is 1.01. The van der Waals surface area contributed by atoms with Crippen molar-refractivity contribution in [3.8, 4) is 11.5 Å². The number of methoxy groups -OCH3 is 1. The van der Waals surface area contributed by atoms with Gasteiger partial charge < -0.3 is 25.2 Å². The van der Waals surface area contributed by atoms with Gasteiger partial charge in [0.1, 0.15) is 0 Å². The standard InChI is InChI=1S/C10H12O5/c1-15-9-6-7(2-3-8(9)11)4-5-10(12,13)14/h2-6,11-14H,1H3. The minimum Gasteiger partial charge on any atom is -0.504 e. The molecule has 0 spiro atoms. The van der Waals surface area contributed by atoms with Crippen molar-refractivity contribution in [2.24, 2.45) is 0 Å². The van der Waals surface area contributed by atoms with Gasteiger partial charge in [0.25, 0.3) is 5.97 Å². The van der Waals surface area contributed by atoms with Crippen LogP contribution in [0.25, 0.3) is 6.08 Å². The number of hydrogen-bond donors (Lipinski definition) is 4. The average molecular weight is 212 g/mol. The normalized spacial score (nSPS) is 12.0. The minimum absolute atomic E-state index is 0.0158. The van der Waals surface area contributed by atoms with E-state index in [1.807, 2.05) is 0 Å². The molecule has 1 aromatic rings. The summed E-state index contributed by atoms with van der Waals surface area (Å²) in [6.45, 7) is 0. The Balaban J connectivity index is 2.93. The number of benzene rings is 1. The first-order valence-electron chi connectivity index (χ1n) is 4.16. The van der Waals surface area contributed by atoms with E-state index in [0.717, 1.165) is 6.08 Å². The average Bonchev–Trinajstić information content (AvgIpc) is 2.15. The lowest BCUT2D eigenvalue weighted by Crippen LogP contribution is -2.22. The van der Waals surface area contributed by atoms with Gasteiger partial charge in [0.2, 0.25) is 0 Å². The predicted molar refractivity (Wildman–Crippen MR) is 53.1 cm³/mol. The fourth-order valence-corrected chi connectivity index (χ4v) is 1.01. The highest BCUT2D eigenvalue weighted by Crippen LogP contribution is 2.26. The molecule has 0 aliphatic carbocycles. The number of rotatable bonds is 3. The van der Waals surface area contributed by atoms with Gasteiger partial charge in [0, 0.05) is 6.08 Å². The molecule has 0 unspecified atom stereocenters. The second-order valence-electron chi connectivity index (χ2n) is 2.95. The van der Waals surface area contributed by atoms with Crippen molar-refractivity contribution in [1.29, 1.82) is 0 Å². The van der Waals surface area contributed by atoms with Gasteiger partial charge in [-0.1, -0.05) is 12.1 Å². The SMILES string of the molecule is COc1cc(C=CC(O)(O)O)ccc1O. The first-order valence-corrected chi connectivity index (χ1v) is 4.16. The maximum Gasteiger partial charge on any atom is 0.297 e. The molecule has 1 rings (SSSR count). The number of phenols is 1. The Morgan fingerprint density at radius 1 is 1.27 bits per heavy atom. The monoisotopic (exact) mass is 212 g/mol. The summed E-state index contributed by atoms with van der Waals surface area (Å²) < 4.78 is 4.85. The molecule has 0 saturated heterocycles. The van der Waals surface area contributed by atoms with Crippen LogP contribution in [-0.4, -0.2) is 33.5 Å². The summed E-state index contributed by atoms with van der Waals surface area (Å²) in [5.74, 6) is -2.60. The van der Waals surface area contributed by atoms with Crippen molar-refractivity contribution >= 4 is 6.08 Å². The fraction of sp³-hybridized carbons (Fsp3) is 0.200. The Bertz CT molecular complexity index is 365. The van der Waals surface area contributed by atoms with Gasteiger partial charge in [-0.2, -0.15) is 0 Å². The lowest BCUT2D eigenvalue weighted by Gasteiger charge is -2.07. The van der Waals surface area contributed by atoms with E-state index < -0.39 is 5.97 Å². The van der Waals surface area contributed by atoms with Crippen LogP contribution < -0.4 is 4.74 Å². The first kappa shape index (κ1) is 11.5. The summed E-state index contributed by atoms with van der Waals surface area (Å²) in [5, 5.41) is 35.1. The maximum atomic E-state index is 9.27. The quantitative estimate of drug-likeness (QED) is 0.531. The first-order chi connectivity index (χ1) is 6.92. The van der Waals surface area contributed by atoms with Crippen molar-refractivity contribution in [3.05, 3.63) is 29.8 Å². The Morgan fingerprint density at radius 2 is 1.93 bits per heavy atom. The van der Waals surface area contributed by atoms with Gasteiger partial charge in [-0.15, -0.1) is 0 Å². The molecule has 15 heavy (non-hydrogen) atoms. The van der Waals surface area contributed by atoms with Gasteiger partial charge in [-0.25, -0.2) is 0 Å². The predicted octanol–water partition coefficient (Wildman–Crippen LogP) is 0.0447. The number of phenolic OH excluding ortho intramolecular Hbond substituents is 1. The molecule has 0 bridgehead atoms. The molecule has 0 radical (unpaired) electrons. The third-order valence-electron chi connectivity index (χ3n) is 1.70. The van der Waals surface area contributed by atoms with E-state index >= 15 is 0 Å². The highest BCUT2D eigenvalue weighted by atomic mass is 16.7. The van der Waals surface area contributed by atoms with Crippen molar-refractivity contribution in [1.82, 2.24) is 0 Å². The third-order valence-corrected chi connectivity index (χ3v) is 1.70. The van der Waals surface area contributed by atoms with E-state index in [2.05, 4.69) is 0 Å². The zero-order valence-electron chi connectivity index (χ0n) is 8.08. The van der Waals surface area contributed by atoms with Gasteiger partial charge in [0.05, 0.1) is 7.11 Å². The molecule has 0 aliphatic rings. The van der Waals surface area contributed by atoms with Gasteiger partial charge in [0.15, 0.2) is 11.5 Å². The van der Waals surface area contributed by atoms with Crippen LogP contribution in [0.2, 0.25) is 0 Å². The molecule has 0 amide bonds. The largest absolute Gasteiger partial charge is 0.504 e. The van der Waals surface area contributed by atoms with E-state index in [1.54, 1.807) is 0 Å². The van der Waals surface area contributed by atoms with Gasteiger partial charge >= 0.3 is 0 Å². The molecule has 5 heteroatoms. The smallest absolute Gasteiger partial charge is 0.297 e. The molecule has 82 valence electrons. The summed E-state index contributed by atoms with van der Waals surface area (Å²) in [5.41, 5.74) is 0.547. The molecule has 0 heterocycles. The lowest BCUT2D eigenvalue weighted by molar-refractivity contribution is -0.272. The van der Waals surface area contributed by atoms with Gasteiger partial charge in [-0.05, 0) is 17.7 Å². The zero-order valence-corrected chi connectivity index (χ0v) is 8.08. The molecule has 4 N–H and O–H groups in total. The maximum absolute atomic E-state index is 9.27. The van der Waals surface area contributed by atoms with Crippen LogP contribution in [0, 0.1) is 0 Å². The van der Waals surface area contributed by atoms with Crippen LogP contribution in [0.5, 0.6) is 11.5 Å². The minimum atomic E-state index is -2.84. The Labute approximate surface area is 86.5 Å². The highest BCUT2D eigenvalue weighted by molar-refractivity contribution is 5.55. The van der Waals surface area contributed by atoms with Crippen LogP contribution in [0.1, 0.15) is 5.56 Å². The zero-order chi connectivity index (χ0) is 11.5. The van der Waals surface area contributed by atoms with Crippen LogP contribution >= 0.6 is 0 Å². The molecular formula is C10H12O5. The van der Waals surface area contributed by atoms with Crippen molar-refractivity contribution in [2.75, 3.05) is 7.11 Å². The number of hydrogen-bond acceptors (Lipinski definition) is 5. The van der Waals surface area contributed by atoms with Crippen LogP contribution in [0.4, 0.5) is 0 Å². The Hall–Kier alpha value is -1.56. The van der Waals surface area contributed by atoms with E-state index in [9.17, 15) is 5.11 Å². The third kappa shape index (κ3) is 3.59. The summed E-state index contributed by atoms with van der Waals surface area (Å²) in [6, 6.07) is 4.41. The van der Waals surface area contributed by atoms with Crippen molar-refractivity contribution < 1.29 is 25.2 Å². The molecule has 5 nitrogen and oxygen atoms in total. The molecule has 0 saturated carbocycles. The molecule has 0 fully saturated rings.